The molecule has 282 valence electrons. The van der Waals surface area contributed by atoms with Crippen molar-refractivity contribution in [3.8, 4) is 44.0 Å². The first kappa shape index (κ1) is 34.7. The molecule has 0 aliphatic heterocycles. The summed E-state index contributed by atoms with van der Waals surface area (Å²) in [5.41, 5.74) is 14.3. The summed E-state index contributed by atoms with van der Waals surface area (Å²) in [5, 5.41) is 5.84. The Kier molecular flexibility index (Phi) is 8.22. The summed E-state index contributed by atoms with van der Waals surface area (Å²) in [6.07, 6.45) is 0. The maximum atomic E-state index is 6.41. The molecule has 12 rings (SSSR count). The van der Waals surface area contributed by atoms with Gasteiger partial charge in [-0.05, 0) is 88.5 Å². The van der Waals surface area contributed by atoms with E-state index < -0.39 is 0 Å². The number of anilines is 3. The number of thiophene rings is 1. The number of furan rings is 1. The summed E-state index contributed by atoms with van der Waals surface area (Å²) in [6.45, 7) is 0. The minimum Gasteiger partial charge on any atom is -0.455 e. The van der Waals surface area contributed by atoms with Crippen molar-refractivity contribution in [2.75, 3.05) is 4.90 Å². The predicted octanol–water partition coefficient (Wildman–Crippen LogP) is 16.7. The Bertz CT molecular complexity index is 3510. The van der Waals surface area contributed by atoms with Crippen molar-refractivity contribution in [2.45, 2.75) is 0 Å². The molecule has 0 atom stereocenters. The summed E-state index contributed by atoms with van der Waals surface area (Å²) in [5.74, 6) is 0. The smallest absolute Gasteiger partial charge is 0.143 e. The van der Waals surface area contributed by atoms with Crippen molar-refractivity contribution in [1.82, 2.24) is 4.98 Å². The van der Waals surface area contributed by atoms with E-state index in [-0.39, 0.29) is 0 Å². The van der Waals surface area contributed by atoms with E-state index in [1.807, 2.05) is 23.5 Å². The highest BCUT2D eigenvalue weighted by Gasteiger charge is 2.18. The average molecular weight is 803 g/mol. The zero-order chi connectivity index (χ0) is 39.6. The molecule has 0 aliphatic carbocycles. The van der Waals surface area contributed by atoms with Gasteiger partial charge in [0.15, 0.2) is 0 Å². The fourth-order valence-corrected chi connectivity index (χ4v) is 10.7. The van der Waals surface area contributed by atoms with Crippen molar-refractivity contribution in [3.63, 3.8) is 0 Å². The number of benzene rings is 9. The van der Waals surface area contributed by atoms with Crippen LogP contribution in [0.5, 0.6) is 0 Å². The molecule has 3 nitrogen and oxygen atoms in total. The molecule has 5 heteroatoms. The molecule has 0 spiro atoms. The van der Waals surface area contributed by atoms with Crippen LogP contribution in [-0.4, -0.2) is 4.98 Å². The normalized spacial score (nSPS) is 11.7. The van der Waals surface area contributed by atoms with Gasteiger partial charge in [-0.15, -0.1) is 22.7 Å². The van der Waals surface area contributed by atoms with E-state index in [9.17, 15) is 0 Å². The summed E-state index contributed by atoms with van der Waals surface area (Å²) in [7, 11) is 0. The Hall–Kier alpha value is -7.31. The molecule has 0 unspecified atom stereocenters. The topological polar surface area (TPSA) is 29.3 Å². The van der Waals surface area contributed by atoms with Crippen LogP contribution in [0.1, 0.15) is 0 Å². The van der Waals surface area contributed by atoms with Crippen LogP contribution in [0.15, 0.2) is 211 Å². The Balaban J connectivity index is 0.907. The number of rotatable bonds is 7. The first-order chi connectivity index (χ1) is 29.7. The van der Waals surface area contributed by atoms with E-state index in [4.69, 9.17) is 9.40 Å². The summed E-state index contributed by atoms with van der Waals surface area (Å²) < 4.78 is 10.2. The van der Waals surface area contributed by atoms with E-state index in [0.29, 0.717) is 0 Å². The van der Waals surface area contributed by atoms with Crippen LogP contribution in [0.3, 0.4) is 0 Å². The largest absolute Gasteiger partial charge is 0.455 e. The molecule has 0 saturated heterocycles. The maximum absolute atomic E-state index is 6.41. The van der Waals surface area contributed by atoms with Crippen LogP contribution >= 0.6 is 22.7 Å². The second kappa shape index (κ2) is 14.2. The molecule has 3 aromatic heterocycles. The molecule has 0 saturated carbocycles. The van der Waals surface area contributed by atoms with Crippen molar-refractivity contribution in [3.05, 3.63) is 206 Å². The van der Waals surface area contributed by atoms with E-state index in [1.165, 1.54) is 47.1 Å². The van der Waals surface area contributed by atoms with Crippen molar-refractivity contribution in [2.24, 2.45) is 0 Å². The van der Waals surface area contributed by atoms with Crippen LogP contribution < -0.4 is 4.90 Å². The van der Waals surface area contributed by atoms with E-state index in [2.05, 4.69) is 199 Å². The lowest BCUT2D eigenvalue weighted by atomic mass is 10.0. The number of fused-ring (bicyclic) bond motifs is 8. The highest BCUT2D eigenvalue weighted by atomic mass is 32.1. The molecule has 60 heavy (non-hydrogen) atoms. The van der Waals surface area contributed by atoms with E-state index in [1.54, 1.807) is 11.3 Å². The highest BCUT2D eigenvalue weighted by Crippen LogP contribution is 2.44. The standard InChI is InChI=1S/C55H34N2OS2/c1-3-10-35(11-4-1)36-18-25-41(26-19-36)57(43-29-22-38(23-30-43)44-15-9-16-46-45-14-7-8-17-48(45)58-54(44)46)42-27-20-37(21-28-42)40-24-31-47-51(34-40)59-49-32-33-50-53(52(47)49)56-55(60-50)39-12-5-2-6-13-39/h1-34H. The lowest BCUT2D eigenvalue weighted by Crippen LogP contribution is -2.09. The number of aromatic nitrogens is 1. The van der Waals surface area contributed by atoms with Gasteiger partial charge >= 0.3 is 0 Å². The number of para-hydroxylation sites is 2. The minimum atomic E-state index is 0.906. The third kappa shape index (κ3) is 5.90. The molecule has 0 N–H and O–H groups in total. The van der Waals surface area contributed by atoms with Gasteiger partial charge in [-0.25, -0.2) is 4.98 Å². The lowest BCUT2D eigenvalue weighted by molar-refractivity contribution is 0.670. The third-order valence-electron chi connectivity index (χ3n) is 11.5. The van der Waals surface area contributed by atoms with Gasteiger partial charge in [0.05, 0.1) is 10.2 Å². The third-order valence-corrected chi connectivity index (χ3v) is 13.7. The Labute approximate surface area is 354 Å². The molecule has 0 fully saturated rings. The molecule has 0 aliphatic rings. The summed E-state index contributed by atoms with van der Waals surface area (Å²) >= 11 is 3.61. The average Bonchev–Trinajstić information content (AvgIpc) is 4.04. The van der Waals surface area contributed by atoms with Crippen LogP contribution in [0.25, 0.3) is 96.3 Å². The zero-order valence-electron chi connectivity index (χ0n) is 32.2. The molecule has 0 radical (unpaired) electrons. The summed E-state index contributed by atoms with van der Waals surface area (Å²) in [4.78, 5) is 7.50. The van der Waals surface area contributed by atoms with E-state index >= 15 is 0 Å². The number of nitrogens with zero attached hydrogens (tertiary/aromatic N) is 2. The number of hydrogen-bond donors (Lipinski definition) is 0. The van der Waals surface area contributed by atoms with Crippen LogP contribution in [0.4, 0.5) is 17.1 Å². The molecule has 0 amide bonds. The predicted molar refractivity (Wildman–Crippen MR) is 256 cm³/mol. The molecule has 12 aromatic rings. The first-order valence-corrected chi connectivity index (χ1v) is 21.7. The van der Waals surface area contributed by atoms with Gasteiger partial charge in [-0.1, -0.05) is 146 Å². The fourth-order valence-electron chi connectivity index (χ4n) is 8.58. The summed E-state index contributed by atoms with van der Waals surface area (Å²) in [6, 6.07) is 73.8. The minimum absolute atomic E-state index is 0.906. The van der Waals surface area contributed by atoms with Gasteiger partial charge in [0, 0.05) is 59.1 Å². The molecule has 3 heterocycles. The fraction of sp³-hybridized carbons (Fsp3) is 0. The van der Waals surface area contributed by atoms with Crippen LogP contribution in [0, 0.1) is 0 Å². The van der Waals surface area contributed by atoms with Gasteiger partial charge in [-0.2, -0.15) is 0 Å². The maximum Gasteiger partial charge on any atom is 0.143 e. The van der Waals surface area contributed by atoms with Gasteiger partial charge < -0.3 is 9.32 Å². The van der Waals surface area contributed by atoms with Crippen molar-refractivity contribution >= 4 is 92.1 Å². The zero-order valence-corrected chi connectivity index (χ0v) is 33.9. The SMILES string of the molecule is c1ccc(-c2ccc(N(c3ccc(-c4ccc5c(c4)sc4ccc6sc(-c7ccccc7)nc6c45)cc3)c3ccc(-c4cccc5c4oc4ccccc45)cc3)cc2)cc1. The second-order valence-electron chi connectivity index (χ2n) is 15.1. The molecular weight excluding hydrogens is 769 g/mol. The Morgan fingerprint density at radius 1 is 0.383 bits per heavy atom. The van der Waals surface area contributed by atoms with Crippen molar-refractivity contribution in [1.29, 1.82) is 0 Å². The monoisotopic (exact) mass is 802 g/mol. The quantitative estimate of drug-likeness (QED) is 0.161. The van der Waals surface area contributed by atoms with Crippen LogP contribution in [0.2, 0.25) is 0 Å². The van der Waals surface area contributed by atoms with Gasteiger partial charge in [-0.3, -0.25) is 0 Å². The van der Waals surface area contributed by atoms with Crippen LogP contribution in [-0.2, 0) is 0 Å². The Morgan fingerprint density at radius 2 is 0.950 bits per heavy atom. The van der Waals surface area contributed by atoms with Gasteiger partial charge in [0.2, 0.25) is 0 Å². The second-order valence-corrected chi connectivity index (χ2v) is 17.2. The van der Waals surface area contributed by atoms with E-state index in [0.717, 1.165) is 66.2 Å². The first-order valence-electron chi connectivity index (χ1n) is 20.1. The van der Waals surface area contributed by atoms with Gasteiger partial charge in [0.1, 0.15) is 16.2 Å². The highest BCUT2D eigenvalue weighted by molar-refractivity contribution is 7.26. The molecular formula is C55H34N2OS2. The van der Waals surface area contributed by atoms with Gasteiger partial charge in [0.25, 0.3) is 0 Å². The lowest BCUT2D eigenvalue weighted by Gasteiger charge is -2.26. The Morgan fingerprint density at radius 3 is 1.67 bits per heavy atom. The number of hydrogen-bond acceptors (Lipinski definition) is 5. The number of thiazole rings is 1. The van der Waals surface area contributed by atoms with Crippen molar-refractivity contribution < 1.29 is 4.42 Å². The molecule has 9 aromatic carbocycles. The molecule has 0 bridgehead atoms.